The Kier molecular flexibility index (Phi) is 4.72. The maximum atomic E-state index is 12.8. The minimum Gasteiger partial charge on any atom is -0.493 e. The van der Waals surface area contributed by atoms with Gasteiger partial charge in [0.05, 0.1) is 13.0 Å². The SMILES string of the molecule is CN(C)NC(=O)CCOc1cccc(F)c1. The molecule has 0 bridgehead atoms. The van der Waals surface area contributed by atoms with Gasteiger partial charge in [0.2, 0.25) is 5.91 Å². The molecule has 1 rings (SSSR count). The molecule has 16 heavy (non-hydrogen) atoms. The Labute approximate surface area is 94.0 Å². The van der Waals surface area contributed by atoms with E-state index in [1.54, 1.807) is 31.2 Å². The molecule has 0 aromatic heterocycles. The van der Waals surface area contributed by atoms with Crippen molar-refractivity contribution >= 4 is 5.91 Å². The Bertz CT molecular complexity index is 356. The number of benzene rings is 1. The van der Waals surface area contributed by atoms with Gasteiger partial charge >= 0.3 is 0 Å². The fourth-order valence-corrected chi connectivity index (χ4v) is 1.12. The molecule has 1 aromatic rings. The molecule has 0 saturated carbocycles. The second kappa shape index (κ2) is 6.07. The quantitative estimate of drug-likeness (QED) is 0.767. The van der Waals surface area contributed by atoms with Crippen LogP contribution in [0, 0.1) is 5.82 Å². The van der Waals surface area contributed by atoms with Gasteiger partial charge in [-0.2, -0.15) is 0 Å². The summed E-state index contributed by atoms with van der Waals surface area (Å²) < 4.78 is 18.0. The van der Waals surface area contributed by atoms with E-state index in [2.05, 4.69) is 5.43 Å². The van der Waals surface area contributed by atoms with Crippen LogP contribution in [0.2, 0.25) is 0 Å². The van der Waals surface area contributed by atoms with Crippen LogP contribution in [-0.4, -0.2) is 31.6 Å². The van der Waals surface area contributed by atoms with Crippen molar-refractivity contribution in [2.45, 2.75) is 6.42 Å². The highest BCUT2D eigenvalue weighted by Crippen LogP contribution is 2.11. The molecule has 1 N–H and O–H groups in total. The molecular formula is C11H15FN2O2. The predicted molar refractivity (Wildman–Crippen MR) is 58.3 cm³/mol. The van der Waals surface area contributed by atoms with Crippen LogP contribution in [0.15, 0.2) is 24.3 Å². The number of nitrogens with zero attached hydrogens (tertiary/aromatic N) is 1. The standard InChI is InChI=1S/C11H15FN2O2/c1-14(2)13-11(15)6-7-16-10-5-3-4-9(12)8-10/h3-5,8H,6-7H2,1-2H3,(H,13,15). The highest BCUT2D eigenvalue weighted by molar-refractivity contribution is 5.75. The first-order chi connectivity index (χ1) is 7.58. The van der Waals surface area contributed by atoms with E-state index in [0.29, 0.717) is 5.75 Å². The van der Waals surface area contributed by atoms with Crippen molar-refractivity contribution in [3.63, 3.8) is 0 Å². The van der Waals surface area contributed by atoms with E-state index in [9.17, 15) is 9.18 Å². The molecule has 0 atom stereocenters. The summed E-state index contributed by atoms with van der Waals surface area (Å²) in [6.45, 7) is 0.225. The number of amides is 1. The number of carbonyl (C=O) groups excluding carboxylic acids is 1. The molecule has 0 radical (unpaired) electrons. The van der Waals surface area contributed by atoms with E-state index in [0.717, 1.165) is 0 Å². The zero-order chi connectivity index (χ0) is 12.0. The number of hydrogen-bond donors (Lipinski definition) is 1. The van der Waals surface area contributed by atoms with E-state index >= 15 is 0 Å². The lowest BCUT2D eigenvalue weighted by atomic mass is 10.3. The number of hydrogen-bond acceptors (Lipinski definition) is 3. The molecule has 0 spiro atoms. The molecule has 0 aliphatic heterocycles. The Morgan fingerprint density at radius 2 is 2.25 bits per heavy atom. The lowest BCUT2D eigenvalue weighted by Gasteiger charge is -2.11. The van der Waals surface area contributed by atoms with Crippen molar-refractivity contribution < 1.29 is 13.9 Å². The molecule has 4 nitrogen and oxygen atoms in total. The van der Waals surface area contributed by atoms with Gasteiger partial charge in [-0.05, 0) is 12.1 Å². The van der Waals surface area contributed by atoms with Gasteiger partial charge in [0.1, 0.15) is 11.6 Å². The lowest BCUT2D eigenvalue weighted by Crippen LogP contribution is -2.36. The molecule has 0 saturated heterocycles. The van der Waals surface area contributed by atoms with Crippen molar-refractivity contribution in [3.05, 3.63) is 30.1 Å². The van der Waals surface area contributed by atoms with Crippen LogP contribution >= 0.6 is 0 Å². The fourth-order valence-electron chi connectivity index (χ4n) is 1.12. The van der Waals surface area contributed by atoms with Crippen LogP contribution in [0.1, 0.15) is 6.42 Å². The topological polar surface area (TPSA) is 41.6 Å². The molecular weight excluding hydrogens is 211 g/mol. The minimum absolute atomic E-state index is 0.138. The summed E-state index contributed by atoms with van der Waals surface area (Å²) >= 11 is 0. The van der Waals surface area contributed by atoms with Crippen LogP contribution in [-0.2, 0) is 4.79 Å². The summed E-state index contributed by atoms with van der Waals surface area (Å²) in [6, 6.07) is 5.83. The van der Waals surface area contributed by atoms with E-state index in [1.165, 1.54) is 12.1 Å². The van der Waals surface area contributed by atoms with Crippen molar-refractivity contribution in [2.24, 2.45) is 0 Å². The van der Waals surface area contributed by atoms with Gasteiger partial charge in [0.15, 0.2) is 0 Å². The van der Waals surface area contributed by atoms with E-state index in [1.807, 2.05) is 0 Å². The zero-order valence-corrected chi connectivity index (χ0v) is 9.37. The van der Waals surface area contributed by atoms with Crippen LogP contribution in [0.25, 0.3) is 0 Å². The molecule has 0 aliphatic carbocycles. The maximum absolute atomic E-state index is 12.8. The fraction of sp³-hybridized carbons (Fsp3) is 0.364. The van der Waals surface area contributed by atoms with Gasteiger partial charge in [-0.25, -0.2) is 9.40 Å². The van der Waals surface area contributed by atoms with Crippen molar-refractivity contribution in [1.82, 2.24) is 10.4 Å². The molecule has 0 unspecified atom stereocenters. The lowest BCUT2D eigenvalue weighted by molar-refractivity contribution is -0.125. The third-order valence-electron chi connectivity index (χ3n) is 1.74. The maximum Gasteiger partial charge on any atom is 0.237 e. The van der Waals surface area contributed by atoms with Crippen LogP contribution in [0.3, 0.4) is 0 Å². The van der Waals surface area contributed by atoms with Crippen molar-refractivity contribution in [1.29, 1.82) is 0 Å². The van der Waals surface area contributed by atoms with Crippen molar-refractivity contribution in [2.75, 3.05) is 20.7 Å². The summed E-state index contributed by atoms with van der Waals surface area (Å²) in [4.78, 5) is 11.2. The minimum atomic E-state index is -0.352. The van der Waals surface area contributed by atoms with Gasteiger partial charge in [-0.1, -0.05) is 6.07 Å². The number of ether oxygens (including phenoxy) is 1. The highest BCUT2D eigenvalue weighted by Gasteiger charge is 2.02. The smallest absolute Gasteiger partial charge is 0.237 e. The first kappa shape index (κ1) is 12.4. The first-order valence-corrected chi connectivity index (χ1v) is 4.93. The third kappa shape index (κ3) is 4.75. The van der Waals surface area contributed by atoms with Gasteiger partial charge < -0.3 is 4.74 Å². The van der Waals surface area contributed by atoms with Crippen molar-refractivity contribution in [3.8, 4) is 5.75 Å². The van der Waals surface area contributed by atoms with Crippen LogP contribution in [0.5, 0.6) is 5.75 Å². The van der Waals surface area contributed by atoms with Gasteiger partial charge in [-0.3, -0.25) is 10.2 Å². The number of rotatable bonds is 5. The predicted octanol–water partition coefficient (Wildman–Crippen LogP) is 1.19. The normalized spacial score (nSPS) is 10.2. The second-order valence-corrected chi connectivity index (χ2v) is 3.49. The number of carbonyl (C=O) groups is 1. The summed E-state index contributed by atoms with van der Waals surface area (Å²) in [7, 11) is 3.46. The monoisotopic (exact) mass is 226 g/mol. The molecule has 0 aliphatic rings. The van der Waals surface area contributed by atoms with Gasteiger partial charge in [0, 0.05) is 20.2 Å². The zero-order valence-electron chi connectivity index (χ0n) is 9.37. The largest absolute Gasteiger partial charge is 0.493 e. The van der Waals surface area contributed by atoms with Crippen LogP contribution in [0.4, 0.5) is 4.39 Å². The third-order valence-corrected chi connectivity index (χ3v) is 1.74. The Morgan fingerprint density at radius 1 is 1.50 bits per heavy atom. The Hall–Kier alpha value is -1.62. The number of nitrogens with one attached hydrogen (secondary N) is 1. The molecule has 88 valence electrons. The van der Waals surface area contributed by atoms with Gasteiger partial charge in [-0.15, -0.1) is 0 Å². The van der Waals surface area contributed by atoms with E-state index in [4.69, 9.17) is 4.74 Å². The Balaban J connectivity index is 2.28. The molecule has 0 heterocycles. The summed E-state index contributed by atoms with van der Waals surface area (Å²) in [5, 5.41) is 1.56. The second-order valence-electron chi connectivity index (χ2n) is 3.49. The van der Waals surface area contributed by atoms with E-state index in [-0.39, 0.29) is 24.8 Å². The highest BCUT2D eigenvalue weighted by atomic mass is 19.1. The summed E-state index contributed by atoms with van der Waals surface area (Å²) in [5.74, 6) is -0.0608. The molecule has 1 aromatic carbocycles. The number of hydrazine groups is 1. The average Bonchev–Trinajstić information content (AvgIpc) is 2.16. The summed E-state index contributed by atoms with van der Waals surface area (Å²) in [5.41, 5.74) is 2.58. The first-order valence-electron chi connectivity index (χ1n) is 4.93. The van der Waals surface area contributed by atoms with Crippen LogP contribution < -0.4 is 10.2 Å². The molecule has 1 amide bonds. The number of halogens is 1. The van der Waals surface area contributed by atoms with E-state index < -0.39 is 0 Å². The molecule has 0 fully saturated rings. The summed E-state index contributed by atoms with van der Waals surface area (Å²) in [6.07, 6.45) is 0.231. The Morgan fingerprint density at radius 3 is 2.88 bits per heavy atom. The van der Waals surface area contributed by atoms with Gasteiger partial charge in [0.25, 0.3) is 0 Å². The average molecular weight is 226 g/mol. The molecule has 5 heteroatoms.